The number of nitrogens with one attached hydrogen (secondary N) is 1. The van der Waals surface area contributed by atoms with Crippen molar-refractivity contribution in [3.8, 4) is 23.0 Å². The minimum absolute atomic E-state index is 0.167. The van der Waals surface area contributed by atoms with Crippen molar-refractivity contribution in [1.82, 2.24) is 14.9 Å². The smallest absolute Gasteiger partial charge is 0.251 e. The van der Waals surface area contributed by atoms with E-state index in [1.54, 1.807) is 36.3 Å². The summed E-state index contributed by atoms with van der Waals surface area (Å²) in [5.41, 5.74) is 3.63. The highest BCUT2D eigenvalue weighted by atomic mass is 16.1. The average molecular weight is 357 g/mol. The Kier molecular flexibility index (Phi) is 5.48. The molecule has 0 unspecified atom stereocenters. The molecular weight excluding hydrogens is 338 g/mol. The van der Waals surface area contributed by atoms with Gasteiger partial charge in [-0.1, -0.05) is 36.3 Å². The van der Waals surface area contributed by atoms with Crippen molar-refractivity contribution in [3.05, 3.63) is 77.9 Å². The summed E-state index contributed by atoms with van der Waals surface area (Å²) in [6, 6.07) is 14.9. The lowest BCUT2D eigenvalue weighted by Crippen LogP contribution is -2.18. The maximum atomic E-state index is 12.2. The van der Waals surface area contributed by atoms with Crippen molar-refractivity contribution < 1.29 is 9.59 Å². The van der Waals surface area contributed by atoms with Gasteiger partial charge in [-0.15, -0.1) is 0 Å². The molecule has 1 N–H and O–H groups in total. The molecule has 1 amide bonds. The van der Waals surface area contributed by atoms with Gasteiger partial charge in [0.05, 0.1) is 18.4 Å². The standard InChI is InChI=1S/C22H19N3O2/c1-23-22(27)20-11-9-16(12-21(20)17-6-4-3-5-7-17)8-10-19(26)13-18-14-25(2)15-24-18/h3-7,9,11-12,14-15H,13H2,1-2H3,(H,23,27). The summed E-state index contributed by atoms with van der Waals surface area (Å²) in [6.07, 6.45) is 3.63. The molecule has 0 fully saturated rings. The number of aromatic nitrogens is 2. The minimum Gasteiger partial charge on any atom is -0.355 e. The molecule has 5 heteroatoms. The van der Waals surface area contributed by atoms with E-state index >= 15 is 0 Å². The van der Waals surface area contributed by atoms with Crippen molar-refractivity contribution >= 4 is 11.7 Å². The van der Waals surface area contributed by atoms with Crippen LogP contribution in [-0.4, -0.2) is 28.3 Å². The number of carbonyl (C=O) groups is 2. The number of amides is 1. The third-order valence-electron chi connectivity index (χ3n) is 4.02. The van der Waals surface area contributed by atoms with E-state index in [1.807, 2.05) is 43.4 Å². The van der Waals surface area contributed by atoms with Crippen LogP contribution in [0.5, 0.6) is 0 Å². The number of hydrogen-bond donors (Lipinski definition) is 1. The van der Waals surface area contributed by atoms with Crippen molar-refractivity contribution in [3.63, 3.8) is 0 Å². The lowest BCUT2D eigenvalue weighted by molar-refractivity contribution is -0.113. The second-order valence-corrected chi connectivity index (χ2v) is 6.09. The Morgan fingerprint density at radius 2 is 1.93 bits per heavy atom. The maximum absolute atomic E-state index is 12.2. The van der Waals surface area contributed by atoms with Gasteiger partial charge in [0.2, 0.25) is 5.78 Å². The van der Waals surface area contributed by atoms with E-state index in [1.165, 1.54) is 0 Å². The zero-order chi connectivity index (χ0) is 19.2. The lowest BCUT2D eigenvalue weighted by atomic mass is 9.96. The number of ketones is 1. The first kappa shape index (κ1) is 18.2. The molecule has 0 aliphatic heterocycles. The van der Waals surface area contributed by atoms with E-state index in [0.29, 0.717) is 16.8 Å². The van der Waals surface area contributed by atoms with Crippen LogP contribution in [0.15, 0.2) is 61.1 Å². The summed E-state index contributed by atoms with van der Waals surface area (Å²) in [5, 5.41) is 2.65. The third-order valence-corrected chi connectivity index (χ3v) is 4.02. The molecule has 0 radical (unpaired) electrons. The highest BCUT2D eigenvalue weighted by molar-refractivity contribution is 6.01. The Hall–Kier alpha value is -3.65. The summed E-state index contributed by atoms with van der Waals surface area (Å²) >= 11 is 0. The summed E-state index contributed by atoms with van der Waals surface area (Å²) in [6.45, 7) is 0. The van der Waals surface area contributed by atoms with E-state index in [0.717, 1.165) is 11.1 Å². The fourth-order valence-corrected chi connectivity index (χ4v) is 2.72. The van der Waals surface area contributed by atoms with Crippen molar-refractivity contribution in [2.75, 3.05) is 7.05 Å². The van der Waals surface area contributed by atoms with Gasteiger partial charge in [-0.2, -0.15) is 0 Å². The molecule has 134 valence electrons. The van der Waals surface area contributed by atoms with Crippen LogP contribution in [0.4, 0.5) is 0 Å². The number of Topliss-reactive ketones (excluding diaryl/α,β-unsaturated/α-hetero) is 1. The number of nitrogens with zero attached hydrogens (tertiary/aromatic N) is 2. The normalized spacial score (nSPS) is 10.0. The zero-order valence-corrected chi connectivity index (χ0v) is 15.2. The Morgan fingerprint density at radius 3 is 2.59 bits per heavy atom. The molecule has 0 bridgehead atoms. The van der Waals surface area contributed by atoms with Crippen LogP contribution >= 0.6 is 0 Å². The maximum Gasteiger partial charge on any atom is 0.251 e. The SMILES string of the molecule is CNC(=O)c1ccc(C#CC(=O)Cc2cn(C)cn2)cc1-c1ccccc1. The van der Waals surface area contributed by atoms with Crippen molar-refractivity contribution in [2.45, 2.75) is 6.42 Å². The van der Waals surface area contributed by atoms with Gasteiger partial charge in [-0.3, -0.25) is 9.59 Å². The van der Waals surface area contributed by atoms with E-state index in [-0.39, 0.29) is 18.1 Å². The number of carbonyl (C=O) groups excluding carboxylic acids is 2. The first-order valence-electron chi connectivity index (χ1n) is 8.50. The van der Waals surface area contributed by atoms with E-state index in [9.17, 15) is 9.59 Å². The quantitative estimate of drug-likeness (QED) is 0.730. The number of imidazole rings is 1. The van der Waals surface area contributed by atoms with E-state index in [2.05, 4.69) is 22.1 Å². The molecule has 0 spiro atoms. The number of rotatable bonds is 4. The molecule has 27 heavy (non-hydrogen) atoms. The lowest BCUT2D eigenvalue weighted by Gasteiger charge is -2.09. The van der Waals surface area contributed by atoms with Gasteiger partial charge in [-0.05, 0) is 35.2 Å². The van der Waals surface area contributed by atoms with Gasteiger partial charge in [0.15, 0.2) is 0 Å². The fraction of sp³-hybridized carbons (Fsp3) is 0.136. The monoisotopic (exact) mass is 357 g/mol. The second-order valence-electron chi connectivity index (χ2n) is 6.09. The van der Waals surface area contributed by atoms with Crippen LogP contribution in [0.1, 0.15) is 21.6 Å². The Balaban J connectivity index is 1.89. The zero-order valence-electron chi connectivity index (χ0n) is 15.2. The third kappa shape index (κ3) is 4.50. The van der Waals surface area contributed by atoms with Gasteiger partial charge in [-0.25, -0.2) is 4.98 Å². The topological polar surface area (TPSA) is 64.0 Å². The molecule has 0 aliphatic rings. The molecular formula is C22H19N3O2. The predicted molar refractivity (Wildman–Crippen MR) is 104 cm³/mol. The molecule has 0 saturated heterocycles. The molecule has 0 atom stereocenters. The highest BCUT2D eigenvalue weighted by Crippen LogP contribution is 2.25. The molecule has 5 nitrogen and oxygen atoms in total. The van der Waals surface area contributed by atoms with E-state index < -0.39 is 0 Å². The van der Waals surface area contributed by atoms with Gasteiger partial charge < -0.3 is 9.88 Å². The fourth-order valence-electron chi connectivity index (χ4n) is 2.72. The van der Waals surface area contributed by atoms with Crippen LogP contribution in [0, 0.1) is 11.8 Å². The van der Waals surface area contributed by atoms with Crippen molar-refractivity contribution in [1.29, 1.82) is 0 Å². The molecule has 1 heterocycles. The second kappa shape index (κ2) is 8.15. The average Bonchev–Trinajstić information content (AvgIpc) is 3.10. The van der Waals surface area contributed by atoms with Gasteiger partial charge in [0.1, 0.15) is 0 Å². The Labute approximate surface area is 158 Å². The molecule has 0 saturated carbocycles. The Morgan fingerprint density at radius 1 is 1.15 bits per heavy atom. The molecule has 3 aromatic rings. The number of benzene rings is 2. The van der Waals surface area contributed by atoms with Crippen LogP contribution < -0.4 is 5.32 Å². The first-order chi connectivity index (χ1) is 13.1. The van der Waals surface area contributed by atoms with E-state index in [4.69, 9.17) is 0 Å². The molecule has 0 aliphatic carbocycles. The number of aryl methyl sites for hydroxylation is 1. The predicted octanol–water partition coefficient (Wildman–Crippen LogP) is 2.61. The summed E-state index contributed by atoms with van der Waals surface area (Å²) < 4.78 is 1.79. The largest absolute Gasteiger partial charge is 0.355 e. The van der Waals surface area contributed by atoms with Crippen LogP contribution in [0.25, 0.3) is 11.1 Å². The van der Waals surface area contributed by atoms with Crippen LogP contribution in [0.2, 0.25) is 0 Å². The van der Waals surface area contributed by atoms with Gasteiger partial charge in [0, 0.05) is 31.4 Å². The van der Waals surface area contributed by atoms with Gasteiger partial charge in [0.25, 0.3) is 5.91 Å². The summed E-state index contributed by atoms with van der Waals surface area (Å²) in [7, 11) is 3.45. The molecule has 1 aromatic heterocycles. The highest BCUT2D eigenvalue weighted by Gasteiger charge is 2.12. The Bertz CT molecular complexity index is 1040. The molecule has 2 aromatic carbocycles. The van der Waals surface area contributed by atoms with Crippen molar-refractivity contribution in [2.24, 2.45) is 7.05 Å². The van der Waals surface area contributed by atoms with Crippen LogP contribution in [0.3, 0.4) is 0 Å². The first-order valence-corrected chi connectivity index (χ1v) is 8.50. The van der Waals surface area contributed by atoms with Crippen LogP contribution in [-0.2, 0) is 18.3 Å². The number of hydrogen-bond acceptors (Lipinski definition) is 3. The molecule has 3 rings (SSSR count). The van der Waals surface area contributed by atoms with Gasteiger partial charge >= 0.3 is 0 Å². The summed E-state index contributed by atoms with van der Waals surface area (Å²) in [4.78, 5) is 28.4. The summed E-state index contributed by atoms with van der Waals surface area (Å²) in [5.74, 6) is 5.19. The minimum atomic E-state index is -0.203.